The lowest BCUT2D eigenvalue weighted by Crippen LogP contribution is -2.61. The van der Waals surface area contributed by atoms with Crippen molar-refractivity contribution in [3.8, 4) is 0 Å². The molecule has 1 saturated heterocycles. The monoisotopic (exact) mass is 249 g/mol. The van der Waals surface area contributed by atoms with Gasteiger partial charge in [-0.05, 0) is 18.6 Å². The van der Waals surface area contributed by atoms with E-state index in [1.165, 1.54) is 5.69 Å². The fourth-order valence-corrected chi connectivity index (χ4v) is 2.92. The first kappa shape index (κ1) is 13.5. The summed E-state index contributed by atoms with van der Waals surface area (Å²) in [6.07, 6.45) is 1.05. The molecule has 1 heterocycles. The van der Waals surface area contributed by atoms with Gasteiger partial charge in [-0.1, -0.05) is 25.1 Å². The summed E-state index contributed by atoms with van der Waals surface area (Å²) >= 11 is 0. The van der Waals surface area contributed by atoms with Crippen LogP contribution in [-0.2, 0) is 0 Å². The average Bonchev–Trinajstić information content (AvgIpc) is 2.47. The van der Waals surface area contributed by atoms with Crippen LogP contribution >= 0.6 is 0 Å². The third-order valence-corrected chi connectivity index (χ3v) is 4.18. The van der Waals surface area contributed by atoms with Crippen LogP contribution in [0.5, 0.6) is 0 Å². The Morgan fingerprint density at radius 2 is 1.89 bits per heavy atom. The number of hydrogen-bond acceptors (Lipinski definition) is 2. The molecule has 0 spiro atoms. The van der Waals surface area contributed by atoms with E-state index in [1.807, 2.05) is 0 Å². The lowest BCUT2D eigenvalue weighted by atomic mass is 10.0. The maximum Gasteiger partial charge on any atom is 0.132 e. The standard InChI is InChI=1S/C15H25N2O/c1-2-14(13-18)12-17(10-8-16-9-11-17)15-6-4-3-5-7-15/h3-7,14,16,18H,2,8-13H2,1H3/q+1. The minimum Gasteiger partial charge on any atom is -0.396 e. The highest BCUT2D eigenvalue weighted by Gasteiger charge is 2.34. The van der Waals surface area contributed by atoms with Gasteiger partial charge in [0.15, 0.2) is 0 Å². The molecular formula is C15H25N2O+. The van der Waals surface area contributed by atoms with Crippen LogP contribution in [0.15, 0.2) is 30.3 Å². The highest BCUT2D eigenvalue weighted by Crippen LogP contribution is 2.26. The number of benzene rings is 1. The summed E-state index contributed by atoms with van der Waals surface area (Å²) in [6, 6.07) is 10.8. The number of aliphatic hydroxyl groups is 1. The highest BCUT2D eigenvalue weighted by molar-refractivity contribution is 5.43. The van der Waals surface area contributed by atoms with Crippen molar-refractivity contribution in [2.45, 2.75) is 13.3 Å². The van der Waals surface area contributed by atoms with Gasteiger partial charge in [-0.2, -0.15) is 0 Å². The van der Waals surface area contributed by atoms with Gasteiger partial charge in [0.2, 0.25) is 0 Å². The number of piperazine rings is 1. The summed E-state index contributed by atoms with van der Waals surface area (Å²) in [5.41, 5.74) is 1.39. The van der Waals surface area contributed by atoms with Gasteiger partial charge in [-0.25, -0.2) is 0 Å². The summed E-state index contributed by atoms with van der Waals surface area (Å²) in [6.45, 7) is 7.91. The molecule has 18 heavy (non-hydrogen) atoms. The predicted octanol–water partition coefficient (Wildman–Crippen LogP) is 1.62. The van der Waals surface area contributed by atoms with Crippen LogP contribution in [0.1, 0.15) is 13.3 Å². The first-order chi connectivity index (χ1) is 8.80. The molecule has 2 rings (SSSR count). The van der Waals surface area contributed by atoms with Crippen molar-refractivity contribution in [2.75, 3.05) is 39.3 Å². The van der Waals surface area contributed by atoms with Crippen LogP contribution in [0.4, 0.5) is 5.69 Å². The highest BCUT2D eigenvalue weighted by atomic mass is 16.3. The van der Waals surface area contributed by atoms with Crippen molar-refractivity contribution in [2.24, 2.45) is 5.92 Å². The van der Waals surface area contributed by atoms with E-state index in [2.05, 4.69) is 42.6 Å². The van der Waals surface area contributed by atoms with Gasteiger partial charge >= 0.3 is 0 Å². The Balaban J connectivity index is 2.23. The van der Waals surface area contributed by atoms with Gasteiger partial charge in [0, 0.05) is 19.0 Å². The second kappa shape index (κ2) is 6.32. The first-order valence-electron chi connectivity index (χ1n) is 7.04. The number of hydrogen-bond donors (Lipinski definition) is 2. The number of quaternary nitrogens is 1. The Kier molecular flexibility index (Phi) is 4.75. The summed E-state index contributed by atoms with van der Waals surface area (Å²) in [4.78, 5) is 0. The molecule has 0 bridgehead atoms. The van der Waals surface area contributed by atoms with E-state index in [-0.39, 0.29) is 0 Å². The van der Waals surface area contributed by atoms with Crippen molar-refractivity contribution in [1.29, 1.82) is 0 Å². The zero-order chi connectivity index (χ0) is 12.8. The molecule has 1 unspecified atom stereocenters. The Morgan fingerprint density at radius 3 is 2.44 bits per heavy atom. The summed E-state index contributed by atoms with van der Waals surface area (Å²) in [7, 11) is 0. The smallest absolute Gasteiger partial charge is 0.132 e. The first-order valence-corrected chi connectivity index (χ1v) is 7.04. The number of rotatable bonds is 5. The van der Waals surface area contributed by atoms with E-state index in [4.69, 9.17) is 0 Å². The van der Waals surface area contributed by atoms with E-state index in [0.717, 1.165) is 43.6 Å². The normalized spacial score (nSPS) is 20.6. The molecule has 100 valence electrons. The lowest BCUT2D eigenvalue weighted by Gasteiger charge is -2.43. The fraction of sp³-hybridized carbons (Fsp3) is 0.600. The lowest BCUT2D eigenvalue weighted by molar-refractivity contribution is 0.151. The predicted molar refractivity (Wildman–Crippen MR) is 76.6 cm³/mol. The second-order valence-corrected chi connectivity index (χ2v) is 5.32. The third-order valence-electron chi connectivity index (χ3n) is 4.18. The van der Waals surface area contributed by atoms with E-state index >= 15 is 0 Å². The maximum atomic E-state index is 9.49. The molecule has 1 aliphatic rings. The minimum atomic E-state index is 0.302. The second-order valence-electron chi connectivity index (χ2n) is 5.32. The summed E-state index contributed by atoms with van der Waals surface area (Å²) in [5.74, 6) is 0.406. The minimum absolute atomic E-state index is 0.302. The number of nitrogens with one attached hydrogen (secondary N) is 1. The van der Waals surface area contributed by atoms with Crippen molar-refractivity contribution < 1.29 is 5.11 Å². The van der Waals surface area contributed by atoms with Crippen LogP contribution in [0.3, 0.4) is 0 Å². The van der Waals surface area contributed by atoms with Crippen LogP contribution in [0.2, 0.25) is 0 Å². The maximum absolute atomic E-state index is 9.49. The molecule has 2 N–H and O–H groups in total. The van der Waals surface area contributed by atoms with E-state index in [0.29, 0.717) is 12.5 Å². The van der Waals surface area contributed by atoms with Gasteiger partial charge in [0.1, 0.15) is 5.69 Å². The van der Waals surface area contributed by atoms with Gasteiger partial charge < -0.3 is 10.4 Å². The van der Waals surface area contributed by atoms with Crippen molar-refractivity contribution >= 4 is 5.69 Å². The molecule has 1 aromatic carbocycles. The molecule has 0 saturated carbocycles. The summed E-state index contributed by atoms with van der Waals surface area (Å²) in [5, 5.41) is 12.9. The van der Waals surface area contributed by atoms with Gasteiger partial charge in [-0.3, -0.25) is 4.48 Å². The molecule has 0 radical (unpaired) electrons. The van der Waals surface area contributed by atoms with E-state index < -0.39 is 0 Å². The van der Waals surface area contributed by atoms with Gasteiger partial charge in [0.05, 0.1) is 26.2 Å². The molecule has 1 aliphatic heterocycles. The molecule has 0 aliphatic carbocycles. The molecule has 1 atom stereocenters. The van der Waals surface area contributed by atoms with E-state index in [9.17, 15) is 5.11 Å². The topological polar surface area (TPSA) is 32.3 Å². The zero-order valence-corrected chi connectivity index (χ0v) is 11.3. The Morgan fingerprint density at radius 1 is 1.22 bits per heavy atom. The Bertz CT molecular complexity index is 343. The number of nitrogens with zero attached hydrogens (tertiary/aromatic N) is 1. The van der Waals surface area contributed by atoms with Crippen LogP contribution < -0.4 is 9.80 Å². The van der Waals surface area contributed by atoms with Crippen molar-refractivity contribution in [3.63, 3.8) is 0 Å². The largest absolute Gasteiger partial charge is 0.396 e. The fourth-order valence-electron chi connectivity index (χ4n) is 2.92. The molecule has 3 nitrogen and oxygen atoms in total. The number of aliphatic hydroxyl groups excluding tert-OH is 1. The molecule has 1 fully saturated rings. The van der Waals surface area contributed by atoms with E-state index in [1.54, 1.807) is 0 Å². The van der Waals surface area contributed by atoms with Crippen LogP contribution in [0, 0.1) is 5.92 Å². The van der Waals surface area contributed by atoms with Crippen LogP contribution in [-0.4, -0.2) is 44.4 Å². The molecule has 1 aromatic rings. The quantitative estimate of drug-likeness (QED) is 0.777. The SMILES string of the molecule is CCC(CO)C[N+]1(c2ccccc2)CCNCC1. The zero-order valence-electron chi connectivity index (χ0n) is 11.3. The van der Waals surface area contributed by atoms with Crippen LogP contribution in [0.25, 0.3) is 0 Å². The van der Waals surface area contributed by atoms with Crippen molar-refractivity contribution in [3.05, 3.63) is 30.3 Å². The molecule has 0 amide bonds. The Labute approximate surface area is 110 Å². The van der Waals surface area contributed by atoms with Gasteiger partial charge in [-0.15, -0.1) is 0 Å². The molecular weight excluding hydrogens is 224 g/mol. The third kappa shape index (κ3) is 2.91. The van der Waals surface area contributed by atoms with Crippen molar-refractivity contribution in [1.82, 2.24) is 9.80 Å². The average molecular weight is 249 g/mol. The number of para-hydroxylation sites is 1. The molecule has 3 heteroatoms. The summed E-state index contributed by atoms with van der Waals surface area (Å²) < 4.78 is 1.02. The van der Waals surface area contributed by atoms with Gasteiger partial charge in [0.25, 0.3) is 0 Å². The Hall–Kier alpha value is -0.900. The molecule has 0 aromatic heterocycles.